The Morgan fingerprint density at radius 2 is 1.88 bits per heavy atom. The summed E-state index contributed by atoms with van der Waals surface area (Å²) in [5, 5.41) is 5.23. The summed E-state index contributed by atoms with van der Waals surface area (Å²) in [5.74, 6) is 0.204. The topological polar surface area (TPSA) is 60.9 Å². The number of nitrogens with zero attached hydrogens (tertiary/aromatic N) is 3. The van der Waals surface area contributed by atoms with Gasteiger partial charge in [-0.1, -0.05) is 35.5 Å². The van der Waals surface area contributed by atoms with E-state index in [1.54, 1.807) is 37.5 Å². The number of aryl methyl sites for hydroxylation is 1. The first-order valence-electron chi connectivity index (χ1n) is 7.32. The van der Waals surface area contributed by atoms with E-state index in [2.05, 4.69) is 10.1 Å². The second-order valence-electron chi connectivity index (χ2n) is 5.44. The smallest absolute Gasteiger partial charge is 0.260 e. The molecule has 4 rings (SSSR count). The molecule has 0 atom stereocenters. The van der Waals surface area contributed by atoms with Crippen LogP contribution in [-0.2, 0) is 7.05 Å². The van der Waals surface area contributed by atoms with Crippen LogP contribution in [0.3, 0.4) is 0 Å². The van der Waals surface area contributed by atoms with E-state index in [9.17, 15) is 9.18 Å². The molecule has 0 bridgehead atoms. The Hall–Kier alpha value is -3.28. The predicted octanol–water partition coefficient (Wildman–Crippen LogP) is 3.39. The highest BCUT2D eigenvalue weighted by Gasteiger charge is 2.15. The van der Waals surface area contributed by atoms with E-state index in [4.69, 9.17) is 4.52 Å². The molecule has 118 valence electrons. The van der Waals surface area contributed by atoms with Crippen LogP contribution in [0.25, 0.3) is 33.6 Å². The number of benzene rings is 2. The third-order valence-corrected chi connectivity index (χ3v) is 3.83. The molecule has 2 aromatic heterocycles. The van der Waals surface area contributed by atoms with Crippen LogP contribution in [0.15, 0.2) is 64.0 Å². The van der Waals surface area contributed by atoms with Crippen molar-refractivity contribution >= 4 is 10.8 Å². The van der Waals surface area contributed by atoms with Crippen LogP contribution in [0, 0.1) is 5.82 Å². The van der Waals surface area contributed by atoms with Gasteiger partial charge in [-0.05, 0) is 18.2 Å². The summed E-state index contributed by atoms with van der Waals surface area (Å²) in [7, 11) is 1.67. The number of hydrogen-bond donors (Lipinski definition) is 0. The fraction of sp³-hybridized carbons (Fsp3) is 0.0556. The van der Waals surface area contributed by atoms with Crippen molar-refractivity contribution in [1.82, 2.24) is 14.7 Å². The van der Waals surface area contributed by atoms with Gasteiger partial charge in [0.2, 0.25) is 5.82 Å². The lowest BCUT2D eigenvalue weighted by Crippen LogP contribution is -2.16. The van der Waals surface area contributed by atoms with E-state index in [1.165, 1.54) is 16.7 Å². The summed E-state index contributed by atoms with van der Waals surface area (Å²) in [5.41, 5.74) is 1.08. The zero-order valence-corrected chi connectivity index (χ0v) is 12.7. The maximum absolute atomic E-state index is 13.4. The van der Waals surface area contributed by atoms with Crippen molar-refractivity contribution in [3.63, 3.8) is 0 Å². The van der Waals surface area contributed by atoms with Crippen LogP contribution in [0.2, 0.25) is 0 Å². The fourth-order valence-electron chi connectivity index (χ4n) is 2.66. The number of rotatable bonds is 2. The van der Waals surface area contributed by atoms with E-state index in [-0.39, 0.29) is 17.3 Å². The quantitative estimate of drug-likeness (QED) is 0.568. The van der Waals surface area contributed by atoms with Crippen molar-refractivity contribution in [2.45, 2.75) is 0 Å². The van der Waals surface area contributed by atoms with E-state index in [1.807, 2.05) is 12.1 Å². The Bertz CT molecular complexity index is 1110. The SMILES string of the molecule is Cn1cc(-c2nc(-c3cccc(F)c3)no2)c2ccccc2c1=O. The van der Waals surface area contributed by atoms with E-state index >= 15 is 0 Å². The van der Waals surface area contributed by atoms with Gasteiger partial charge in [0.15, 0.2) is 0 Å². The monoisotopic (exact) mass is 321 g/mol. The van der Waals surface area contributed by atoms with Crippen LogP contribution in [0.4, 0.5) is 4.39 Å². The summed E-state index contributed by atoms with van der Waals surface area (Å²) in [6.07, 6.45) is 1.66. The molecule has 0 aliphatic heterocycles. The summed E-state index contributed by atoms with van der Waals surface area (Å²) in [6, 6.07) is 13.2. The number of hydrogen-bond acceptors (Lipinski definition) is 4. The number of aromatic nitrogens is 3. The third kappa shape index (κ3) is 2.28. The van der Waals surface area contributed by atoms with Crippen LogP contribution >= 0.6 is 0 Å². The Morgan fingerprint density at radius 3 is 2.67 bits per heavy atom. The molecule has 24 heavy (non-hydrogen) atoms. The molecule has 4 aromatic rings. The molecule has 0 amide bonds. The van der Waals surface area contributed by atoms with Crippen LogP contribution in [0.1, 0.15) is 0 Å². The lowest BCUT2D eigenvalue weighted by molar-refractivity contribution is 0.432. The molecule has 2 heterocycles. The molecule has 6 heteroatoms. The number of fused-ring (bicyclic) bond motifs is 1. The van der Waals surface area contributed by atoms with Crippen molar-refractivity contribution < 1.29 is 8.91 Å². The Labute approximate surface area is 136 Å². The van der Waals surface area contributed by atoms with Gasteiger partial charge in [0, 0.05) is 29.6 Å². The highest BCUT2D eigenvalue weighted by Crippen LogP contribution is 2.27. The average Bonchev–Trinajstić information content (AvgIpc) is 3.08. The van der Waals surface area contributed by atoms with Gasteiger partial charge >= 0.3 is 0 Å². The zero-order valence-electron chi connectivity index (χ0n) is 12.7. The summed E-state index contributed by atoms with van der Waals surface area (Å²) >= 11 is 0. The number of pyridine rings is 1. The summed E-state index contributed by atoms with van der Waals surface area (Å²) < 4.78 is 20.2. The molecule has 0 saturated carbocycles. The minimum atomic E-state index is -0.369. The summed E-state index contributed by atoms with van der Waals surface area (Å²) in [4.78, 5) is 16.6. The molecular weight excluding hydrogens is 309 g/mol. The average molecular weight is 321 g/mol. The maximum atomic E-state index is 13.4. The van der Waals surface area contributed by atoms with Gasteiger partial charge in [-0.15, -0.1) is 0 Å². The first-order valence-corrected chi connectivity index (χ1v) is 7.32. The molecule has 5 nitrogen and oxygen atoms in total. The molecule has 0 aliphatic rings. The largest absolute Gasteiger partial charge is 0.334 e. The van der Waals surface area contributed by atoms with Crippen LogP contribution < -0.4 is 5.56 Å². The first-order chi connectivity index (χ1) is 11.6. The Morgan fingerprint density at radius 1 is 1.08 bits per heavy atom. The second kappa shape index (κ2) is 5.42. The fourth-order valence-corrected chi connectivity index (χ4v) is 2.66. The molecule has 0 radical (unpaired) electrons. The first kappa shape index (κ1) is 14.3. The minimum Gasteiger partial charge on any atom is -0.334 e. The van der Waals surface area contributed by atoms with Crippen molar-refractivity contribution in [1.29, 1.82) is 0 Å². The molecule has 0 spiro atoms. The minimum absolute atomic E-state index is 0.0979. The van der Waals surface area contributed by atoms with Gasteiger partial charge in [0.05, 0.1) is 5.56 Å². The number of halogens is 1. The van der Waals surface area contributed by atoms with Gasteiger partial charge in [-0.25, -0.2) is 4.39 Å². The molecule has 0 saturated heterocycles. The molecule has 0 fully saturated rings. The third-order valence-electron chi connectivity index (χ3n) is 3.83. The Balaban J connectivity index is 1.91. The standard InChI is InChI=1S/C18H12FN3O2/c1-22-10-15(13-7-2-3-8-14(13)18(22)23)17-20-16(21-24-17)11-5-4-6-12(19)9-11/h2-10H,1H3. The second-order valence-corrected chi connectivity index (χ2v) is 5.44. The maximum Gasteiger partial charge on any atom is 0.260 e. The van der Waals surface area contributed by atoms with Crippen LogP contribution in [-0.4, -0.2) is 14.7 Å². The van der Waals surface area contributed by atoms with Crippen molar-refractivity contribution in [3.8, 4) is 22.8 Å². The van der Waals surface area contributed by atoms with E-state index in [0.29, 0.717) is 22.3 Å². The highest BCUT2D eigenvalue weighted by atomic mass is 19.1. The zero-order chi connectivity index (χ0) is 16.7. The summed E-state index contributed by atoms with van der Waals surface area (Å²) in [6.45, 7) is 0. The molecular formula is C18H12FN3O2. The van der Waals surface area contributed by atoms with Crippen molar-refractivity contribution in [3.05, 3.63) is 70.9 Å². The normalized spacial score (nSPS) is 11.1. The van der Waals surface area contributed by atoms with Gasteiger partial charge < -0.3 is 9.09 Å². The van der Waals surface area contributed by atoms with Gasteiger partial charge in [-0.3, -0.25) is 4.79 Å². The molecule has 0 unspecified atom stereocenters. The molecule has 0 aliphatic carbocycles. The Kier molecular flexibility index (Phi) is 3.23. The molecule has 2 aromatic carbocycles. The van der Waals surface area contributed by atoms with Crippen LogP contribution in [0.5, 0.6) is 0 Å². The van der Waals surface area contributed by atoms with E-state index in [0.717, 1.165) is 5.39 Å². The van der Waals surface area contributed by atoms with Gasteiger partial charge in [-0.2, -0.15) is 4.98 Å². The predicted molar refractivity (Wildman–Crippen MR) is 87.9 cm³/mol. The lowest BCUT2D eigenvalue weighted by Gasteiger charge is -2.05. The highest BCUT2D eigenvalue weighted by molar-refractivity contribution is 5.93. The van der Waals surface area contributed by atoms with E-state index < -0.39 is 0 Å². The van der Waals surface area contributed by atoms with Gasteiger partial charge in [0.25, 0.3) is 11.4 Å². The molecule has 0 N–H and O–H groups in total. The van der Waals surface area contributed by atoms with Crippen molar-refractivity contribution in [2.75, 3.05) is 0 Å². The van der Waals surface area contributed by atoms with Crippen molar-refractivity contribution in [2.24, 2.45) is 7.05 Å². The van der Waals surface area contributed by atoms with Gasteiger partial charge in [0.1, 0.15) is 5.82 Å². The lowest BCUT2D eigenvalue weighted by atomic mass is 10.1.